The average Bonchev–Trinajstić information content (AvgIpc) is 2.67. The summed E-state index contributed by atoms with van der Waals surface area (Å²) in [6, 6.07) is 12.6. The predicted molar refractivity (Wildman–Crippen MR) is 125 cm³/mol. The van der Waals surface area contributed by atoms with E-state index < -0.39 is 10.1 Å². The van der Waals surface area contributed by atoms with Gasteiger partial charge in [-0.3, -0.25) is 9.59 Å². The molecule has 0 aliphatic rings. The molecule has 0 saturated carbocycles. The van der Waals surface area contributed by atoms with Crippen LogP contribution in [0.1, 0.15) is 46.6 Å². The van der Waals surface area contributed by atoms with E-state index in [0.29, 0.717) is 24.2 Å². The Morgan fingerprint density at radius 3 is 2.16 bits per heavy atom. The summed E-state index contributed by atoms with van der Waals surface area (Å²) in [5.41, 5.74) is 1.11. The number of amides is 2. The molecule has 2 aromatic rings. The molecule has 0 radical (unpaired) electrons. The summed E-state index contributed by atoms with van der Waals surface area (Å²) in [5.74, 6) is 0.461. The second-order valence-corrected chi connectivity index (χ2v) is 10.2. The lowest BCUT2D eigenvalue weighted by molar-refractivity contribution is -0.133. The van der Waals surface area contributed by atoms with Gasteiger partial charge in [-0.25, -0.2) is 0 Å². The zero-order valence-electron chi connectivity index (χ0n) is 19.3. The summed E-state index contributed by atoms with van der Waals surface area (Å²) >= 11 is 0. The first-order valence-corrected chi connectivity index (χ1v) is 12.1. The maximum Gasteiger partial charge on any atom is 0.339 e. The van der Waals surface area contributed by atoms with Gasteiger partial charge < -0.3 is 14.4 Å². The van der Waals surface area contributed by atoms with Crippen molar-refractivity contribution in [3.63, 3.8) is 0 Å². The van der Waals surface area contributed by atoms with E-state index >= 15 is 0 Å². The number of rotatable bonds is 10. The molecule has 0 aliphatic carbocycles. The molecule has 0 fully saturated rings. The number of anilines is 1. The van der Waals surface area contributed by atoms with Crippen LogP contribution in [0.2, 0.25) is 0 Å². The van der Waals surface area contributed by atoms with E-state index in [1.54, 1.807) is 29.2 Å². The van der Waals surface area contributed by atoms with Crippen molar-refractivity contribution in [1.82, 2.24) is 4.90 Å². The number of hydrogen-bond acceptors (Lipinski definition) is 5. The van der Waals surface area contributed by atoms with Gasteiger partial charge in [0.05, 0.1) is 0 Å². The third-order valence-corrected chi connectivity index (χ3v) is 5.77. The lowest BCUT2D eigenvalue weighted by Gasteiger charge is -2.26. The van der Waals surface area contributed by atoms with Crippen LogP contribution in [0.3, 0.4) is 0 Å². The van der Waals surface area contributed by atoms with E-state index in [1.807, 2.05) is 27.7 Å². The number of nitrogens with zero attached hydrogens (tertiary/aromatic N) is 1. The molecule has 8 heteroatoms. The van der Waals surface area contributed by atoms with Gasteiger partial charge in [0.25, 0.3) is 0 Å². The lowest BCUT2D eigenvalue weighted by atomic mass is 10.1. The fourth-order valence-corrected chi connectivity index (χ4v) is 4.13. The van der Waals surface area contributed by atoms with E-state index in [1.165, 1.54) is 31.2 Å². The van der Waals surface area contributed by atoms with Crippen molar-refractivity contribution in [2.24, 2.45) is 11.8 Å². The Labute approximate surface area is 190 Å². The third kappa shape index (κ3) is 7.67. The zero-order valence-corrected chi connectivity index (χ0v) is 20.1. The maximum atomic E-state index is 12.8. The lowest BCUT2D eigenvalue weighted by Crippen LogP contribution is -2.34. The topological polar surface area (TPSA) is 92.8 Å². The summed E-state index contributed by atoms with van der Waals surface area (Å²) in [7, 11) is -4.10. The van der Waals surface area contributed by atoms with E-state index in [0.717, 1.165) is 0 Å². The molecular weight excluding hydrogens is 428 g/mol. The smallest absolute Gasteiger partial charge is 0.339 e. The highest BCUT2D eigenvalue weighted by Gasteiger charge is 2.22. The van der Waals surface area contributed by atoms with Gasteiger partial charge in [-0.1, -0.05) is 45.9 Å². The monoisotopic (exact) mass is 460 g/mol. The standard InChI is InChI=1S/C24H32N2O5S/c1-17(2)14-24(28)26(15-18(3)4)16-20-8-6-7-9-23(20)31-32(29,30)22-12-10-21(11-13-22)25-19(5)27/h6-13,17-18H,14-16H2,1-5H3,(H,25,27). The Kier molecular flexibility index (Phi) is 8.83. The average molecular weight is 461 g/mol. The largest absolute Gasteiger partial charge is 0.379 e. The van der Waals surface area contributed by atoms with Crippen LogP contribution in [0.5, 0.6) is 5.75 Å². The van der Waals surface area contributed by atoms with Crippen molar-refractivity contribution in [2.45, 2.75) is 52.5 Å². The summed E-state index contributed by atoms with van der Waals surface area (Å²) in [6.07, 6.45) is 0.425. The fourth-order valence-electron chi connectivity index (χ4n) is 3.17. The second-order valence-electron chi connectivity index (χ2n) is 8.62. The Morgan fingerprint density at radius 2 is 1.59 bits per heavy atom. The van der Waals surface area contributed by atoms with Gasteiger partial charge in [0.2, 0.25) is 11.8 Å². The number of carbonyl (C=O) groups excluding carboxylic acids is 2. The minimum Gasteiger partial charge on any atom is -0.379 e. The van der Waals surface area contributed by atoms with E-state index in [-0.39, 0.29) is 40.8 Å². The van der Waals surface area contributed by atoms with E-state index in [2.05, 4.69) is 5.32 Å². The van der Waals surface area contributed by atoms with Gasteiger partial charge >= 0.3 is 10.1 Å². The van der Waals surface area contributed by atoms with Crippen LogP contribution >= 0.6 is 0 Å². The number of para-hydroxylation sites is 1. The van der Waals surface area contributed by atoms with Crippen LogP contribution in [-0.2, 0) is 26.3 Å². The van der Waals surface area contributed by atoms with Gasteiger partial charge in [0, 0.05) is 37.7 Å². The van der Waals surface area contributed by atoms with Crippen LogP contribution in [0.4, 0.5) is 5.69 Å². The molecule has 32 heavy (non-hydrogen) atoms. The van der Waals surface area contributed by atoms with Crippen LogP contribution in [-0.4, -0.2) is 31.7 Å². The Hall–Kier alpha value is -2.87. The molecular formula is C24H32N2O5S. The summed E-state index contributed by atoms with van der Waals surface area (Å²) in [6.45, 7) is 10.3. The molecule has 0 unspecified atom stereocenters. The highest BCUT2D eigenvalue weighted by atomic mass is 32.2. The zero-order chi connectivity index (χ0) is 23.9. The van der Waals surface area contributed by atoms with Crippen molar-refractivity contribution in [3.05, 3.63) is 54.1 Å². The molecule has 0 spiro atoms. The van der Waals surface area contributed by atoms with Gasteiger partial charge in [0.1, 0.15) is 10.6 Å². The molecule has 7 nitrogen and oxygen atoms in total. The predicted octanol–water partition coefficient (Wildman–Crippen LogP) is 4.44. The van der Waals surface area contributed by atoms with Crippen molar-refractivity contribution in [1.29, 1.82) is 0 Å². The molecule has 0 heterocycles. The van der Waals surface area contributed by atoms with Crippen molar-refractivity contribution < 1.29 is 22.2 Å². The van der Waals surface area contributed by atoms with Crippen LogP contribution in [0.25, 0.3) is 0 Å². The fraction of sp³-hybridized carbons (Fsp3) is 0.417. The first-order valence-electron chi connectivity index (χ1n) is 10.7. The molecule has 2 aromatic carbocycles. The molecule has 0 aliphatic heterocycles. The molecule has 0 saturated heterocycles. The molecule has 0 atom stereocenters. The molecule has 2 amide bonds. The minimum absolute atomic E-state index is 0.0277. The molecule has 1 N–H and O–H groups in total. The number of benzene rings is 2. The Bertz CT molecular complexity index is 1030. The first kappa shape index (κ1) is 25.4. The van der Waals surface area contributed by atoms with Gasteiger partial charge in [-0.2, -0.15) is 8.42 Å². The SMILES string of the molecule is CC(=O)Nc1ccc(S(=O)(=O)Oc2ccccc2CN(CC(C)C)C(=O)CC(C)C)cc1. The highest BCUT2D eigenvalue weighted by Crippen LogP contribution is 2.26. The van der Waals surface area contributed by atoms with Gasteiger partial charge in [0.15, 0.2) is 0 Å². The van der Waals surface area contributed by atoms with E-state index in [9.17, 15) is 18.0 Å². The highest BCUT2D eigenvalue weighted by molar-refractivity contribution is 7.87. The molecule has 0 aromatic heterocycles. The van der Waals surface area contributed by atoms with Crippen LogP contribution < -0.4 is 9.50 Å². The van der Waals surface area contributed by atoms with Gasteiger partial charge in [-0.05, 0) is 42.2 Å². The summed E-state index contributed by atoms with van der Waals surface area (Å²) in [4.78, 5) is 25.6. The van der Waals surface area contributed by atoms with Crippen LogP contribution in [0.15, 0.2) is 53.4 Å². The quantitative estimate of drug-likeness (QED) is 0.529. The van der Waals surface area contributed by atoms with Crippen molar-refractivity contribution in [3.8, 4) is 5.75 Å². The summed E-state index contributed by atoms with van der Waals surface area (Å²) < 4.78 is 31.1. The maximum absolute atomic E-state index is 12.8. The Morgan fingerprint density at radius 1 is 0.969 bits per heavy atom. The van der Waals surface area contributed by atoms with Crippen LogP contribution in [0, 0.1) is 11.8 Å². The molecule has 2 rings (SSSR count). The van der Waals surface area contributed by atoms with E-state index in [4.69, 9.17) is 4.18 Å². The molecule has 174 valence electrons. The van der Waals surface area contributed by atoms with Crippen molar-refractivity contribution >= 4 is 27.6 Å². The third-order valence-electron chi connectivity index (χ3n) is 4.52. The molecule has 0 bridgehead atoms. The minimum atomic E-state index is -4.10. The normalized spacial score (nSPS) is 11.5. The van der Waals surface area contributed by atoms with Gasteiger partial charge in [-0.15, -0.1) is 0 Å². The second kappa shape index (κ2) is 11.1. The van der Waals surface area contributed by atoms with Crippen molar-refractivity contribution in [2.75, 3.05) is 11.9 Å². The number of nitrogens with one attached hydrogen (secondary N) is 1. The number of carbonyl (C=O) groups is 2. The first-order chi connectivity index (χ1) is 15.0. The number of hydrogen-bond donors (Lipinski definition) is 1. The Balaban J connectivity index is 2.26. The summed E-state index contributed by atoms with van der Waals surface area (Å²) in [5, 5.41) is 2.59.